The zero-order valence-corrected chi connectivity index (χ0v) is 16.4. The zero-order chi connectivity index (χ0) is 20.9. The molecule has 30 heavy (non-hydrogen) atoms. The molecule has 0 saturated carbocycles. The van der Waals surface area contributed by atoms with Crippen LogP contribution in [0, 0.1) is 6.92 Å². The van der Waals surface area contributed by atoms with Gasteiger partial charge in [-0.1, -0.05) is 54.6 Å². The number of hydrogen-bond donors (Lipinski definition) is 2. The Bertz CT molecular complexity index is 1230. The smallest absolute Gasteiger partial charge is 0.272 e. The molecule has 2 amide bonds. The van der Waals surface area contributed by atoms with Gasteiger partial charge in [-0.05, 0) is 42.6 Å². The molecule has 5 nitrogen and oxygen atoms in total. The molecule has 5 heteroatoms. The molecule has 0 aliphatic rings. The number of fused-ring (bicyclic) bond motifs is 1. The van der Waals surface area contributed by atoms with E-state index in [0.29, 0.717) is 22.8 Å². The van der Waals surface area contributed by atoms with Crippen LogP contribution < -0.4 is 10.6 Å². The van der Waals surface area contributed by atoms with Gasteiger partial charge in [-0.3, -0.25) is 9.59 Å². The summed E-state index contributed by atoms with van der Waals surface area (Å²) in [5.41, 5.74) is 1.21. The number of carbonyl (C=O) groups is 2. The van der Waals surface area contributed by atoms with Crippen molar-refractivity contribution in [3.63, 3.8) is 0 Å². The van der Waals surface area contributed by atoms with Crippen LogP contribution >= 0.6 is 0 Å². The van der Waals surface area contributed by atoms with E-state index in [1.165, 1.54) is 6.08 Å². The van der Waals surface area contributed by atoms with Crippen molar-refractivity contribution in [1.29, 1.82) is 0 Å². The number of carbonyl (C=O) groups excluding carboxylic acids is 2. The molecule has 0 aliphatic carbocycles. The zero-order valence-electron chi connectivity index (χ0n) is 16.4. The van der Waals surface area contributed by atoms with Crippen molar-refractivity contribution in [3.8, 4) is 0 Å². The van der Waals surface area contributed by atoms with Crippen LogP contribution in [0.2, 0.25) is 0 Å². The number of nitrogens with one attached hydrogen (secondary N) is 2. The molecule has 148 valence electrons. The Balaban J connectivity index is 1.65. The first-order valence-electron chi connectivity index (χ1n) is 9.54. The quantitative estimate of drug-likeness (QED) is 0.458. The van der Waals surface area contributed by atoms with Crippen molar-refractivity contribution in [2.75, 3.05) is 5.32 Å². The maximum Gasteiger partial charge on any atom is 0.272 e. The average Bonchev–Trinajstić information content (AvgIpc) is 3.18. The van der Waals surface area contributed by atoms with Crippen molar-refractivity contribution in [1.82, 2.24) is 5.32 Å². The monoisotopic (exact) mass is 396 g/mol. The predicted molar refractivity (Wildman–Crippen MR) is 118 cm³/mol. The van der Waals surface area contributed by atoms with Crippen LogP contribution in [0.25, 0.3) is 16.8 Å². The van der Waals surface area contributed by atoms with Crippen molar-refractivity contribution in [3.05, 3.63) is 108 Å². The van der Waals surface area contributed by atoms with Gasteiger partial charge in [-0.25, -0.2) is 0 Å². The van der Waals surface area contributed by atoms with E-state index in [4.69, 9.17) is 4.42 Å². The Kier molecular flexibility index (Phi) is 5.44. The van der Waals surface area contributed by atoms with Crippen LogP contribution in [0.4, 0.5) is 5.69 Å². The Morgan fingerprint density at radius 2 is 1.57 bits per heavy atom. The maximum atomic E-state index is 13.1. The molecule has 2 N–H and O–H groups in total. The minimum atomic E-state index is -0.440. The fourth-order valence-electron chi connectivity index (χ4n) is 3.14. The highest BCUT2D eigenvalue weighted by Gasteiger charge is 2.16. The van der Waals surface area contributed by atoms with Crippen molar-refractivity contribution in [2.45, 2.75) is 6.92 Å². The second-order valence-electron chi connectivity index (χ2n) is 6.81. The summed E-state index contributed by atoms with van der Waals surface area (Å²) in [4.78, 5) is 25.8. The average molecular weight is 396 g/mol. The van der Waals surface area contributed by atoms with Gasteiger partial charge in [0, 0.05) is 22.7 Å². The lowest BCUT2D eigenvalue weighted by Crippen LogP contribution is -2.30. The Hall–Kier alpha value is -4.12. The molecule has 0 radical (unpaired) electrons. The lowest BCUT2D eigenvalue weighted by Gasteiger charge is -2.12. The number of rotatable bonds is 5. The minimum absolute atomic E-state index is 0.0890. The fourth-order valence-corrected chi connectivity index (χ4v) is 3.14. The summed E-state index contributed by atoms with van der Waals surface area (Å²) in [7, 11) is 0. The summed E-state index contributed by atoms with van der Waals surface area (Å²) in [6.45, 7) is 1.82. The van der Waals surface area contributed by atoms with Gasteiger partial charge in [0.1, 0.15) is 17.2 Å². The van der Waals surface area contributed by atoms with E-state index in [0.717, 1.165) is 10.8 Å². The van der Waals surface area contributed by atoms with Gasteiger partial charge < -0.3 is 15.1 Å². The molecule has 3 aromatic carbocycles. The minimum Gasteiger partial charge on any atom is -0.462 e. The highest BCUT2D eigenvalue weighted by atomic mass is 16.3. The van der Waals surface area contributed by atoms with Crippen LogP contribution in [0.3, 0.4) is 0 Å². The maximum absolute atomic E-state index is 13.1. The second kappa shape index (κ2) is 8.49. The molecule has 4 rings (SSSR count). The van der Waals surface area contributed by atoms with E-state index >= 15 is 0 Å². The predicted octanol–water partition coefficient (Wildman–Crippen LogP) is 5.15. The topological polar surface area (TPSA) is 71.3 Å². The standard InChI is InChI=1S/C25H20N2O3/c1-17-14-15-20(30-17)16-23(27-24(28)19-9-3-2-4-10-19)25(29)26-22-13-7-11-18-8-5-6-12-21(18)22/h2-16H,1H3,(H,26,29)(H,27,28). The highest BCUT2D eigenvalue weighted by Crippen LogP contribution is 2.23. The van der Waals surface area contributed by atoms with Crippen LogP contribution in [0.5, 0.6) is 0 Å². The third-order valence-corrected chi connectivity index (χ3v) is 4.61. The summed E-state index contributed by atoms with van der Waals surface area (Å²) in [6, 6.07) is 25.7. The fraction of sp³-hybridized carbons (Fsp3) is 0.0400. The van der Waals surface area contributed by atoms with Gasteiger partial charge in [-0.2, -0.15) is 0 Å². The number of hydrogen-bond acceptors (Lipinski definition) is 3. The van der Waals surface area contributed by atoms with Crippen LogP contribution in [-0.4, -0.2) is 11.8 Å². The molecule has 0 unspecified atom stereocenters. The molecule has 0 bridgehead atoms. The molecule has 0 atom stereocenters. The molecule has 0 fully saturated rings. The number of amides is 2. The van der Waals surface area contributed by atoms with Gasteiger partial charge in [0.25, 0.3) is 11.8 Å². The lowest BCUT2D eigenvalue weighted by molar-refractivity contribution is -0.113. The van der Waals surface area contributed by atoms with Crippen LogP contribution in [0.1, 0.15) is 21.9 Å². The Morgan fingerprint density at radius 3 is 2.33 bits per heavy atom. The summed E-state index contributed by atoms with van der Waals surface area (Å²) >= 11 is 0. The molecular weight excluding hydrogens is 376 g/mol. The number of benzene rings is 3. The summed E-state index contributed by atoms with van der Waals surface area (Å²) in [5, 5.41) is 7.54. The first kappa shape index (κ1) is 19.2. The van der Waals surface area contributed by atoms with E-state index < -0.39 is 5.91 Å². The van der Waals surface area contributed by atoms with Gasteiger partial charge >= 0.3 is 0 Å². The molecular formula is C25H20N2O3. The number of furan rings is 1. The third-order valence-electron chi connectivity index (χ3n) is 4.61. The highest BCUT2D eigenvalue weighted by molar-refractivity contribution is 6.13. The number of anilines is 1. The van der Waals surface area contributed by atoms with E-state index in [1.807, 2.05) is 55.5 Å². The largest absolute Gasteiger partial charge is 0.462 e. The molecule has 0 saturated heterocycles. The Labute approximate surface area is 174 Å². The molecule has 0 aliphatic heterocycles. The second-order valence-corrected chi connectivity index (χ2v) is 6.81. The third kappa shape index (κ3) is 4.31. The van der Waals surface area contributed by atoms with Gasteiger partial charge in [0.15, 0.2) is 0 Å². The first-order valence-corrected chi connectivity index (χ1v) is 9.54. The van der Waals surface area contributed by atoms with Crippen molar-refractivity contribution < 1.29 is 14.0 Å². The number of aryl methyl sites for hydroxylation is 1. The lowest BCUT2D eigenvalue weighted by atomic mass is 10.1. The molecule has 4 aromatic rings. The normalized spacial score (nSPS) is 11.3. The summed E-state index contributed by atoms with van der Waals surface area (Å²) in [6.07, 6.45) is 1.52. The van der Waals surface area contributed by atoms with Gasteiger partial charge in [0.05, 0.1) is 0 Å². The summed E-state index contributed by atoms with van der Waals surface area (Å²) < 4.78 is 5.56. The van der Waals surface area contributed by atoms with Crippen LogP contribution in [-0.2, 0) is 4.79 Å². The van der Waals surface area contributed by atoms with Crippen LogP contribution in [0.15, 0.2) is 95.0 Å². The van der Waals surface area contributed by atoms with Crippen molar-refractivity contribution >= 4 is 34.4 Å². The SMILES string of the molecule is Cc1ccc(C=C(NC(=O)c2ccccc2)C(=O)Nc2cccc3ccccc23)o1. The summed E-state index contributed by atoms with van der Waals surface area (Å²) in [5.74, 6) is 0.372. The first-order chi connectivity index (χ1) is 14.6. The van der Waals surface area contributed by atoms with Crippen molar-refractivity contribution in [2.24, 2.45) is 0 Å². The van der Waals surface area contributed by atoms with Gasteiger partial charge in [0.2, 0.25) is 0 Å². The Morgan fingerprint density at radius 1 is 0.833 bits per heavy atom. The van der Waals surface area contributed by atoms with Gasteiger partial charge in [-0.15, -0.1) is 0 Å². The van der Waals surface area contributed by atoms with E-state index in [2.05, 4.69) is 10.6 Å². The van der Waals surface area contributed by atoms with E-state index in [1.54, 1.807) is 36.4 Å². The molecule has 1 aromatic heterocycles. The van der Waals surface area contributed by atoms with E-state index in [-0.39, 0.29) is 11.6 Å². The molecule has 1 heterocycles. The van der Waals surface area contributed by atoms with E-state index in [9.17, 15) is 9.59 Å². The molecule has 0 spiro atoms.